The van der Waals surface area contributed by atoms with E-state index >= 15 is 0 Å². The highest BCUT2D eigenvalue weighted by molar-refractivity contribution is 7.08. The van der Waals surface area contributed by atoms with Crippen LogP contribution in [-0.2, 0) is 6.42 Å². The van der Waals surface area contributed by atoms with Crippen molar-refractivity contribution >= 4 is 22.9 Å². The summed E-state index contributed by atoms with van der Waals surface area (Å²) in [6.07, 6.45) is 1.93. The van der Waals surface area contributed by atoms with Crippen LogP contribution in [0.2, 0.25) is 0 Å². The van der Waals surface area contributed by atoms with Crippen molar-refractivity contribution in [3.05, 3.63) is 51.7 Å². The van der Waals surface area contributed by atoms with Crippen LogP contribution in [0.25, 0.3) is 0 Å². The molecule has 0 aliphatic heterocycles. The van der Waals surface area contributed by atoms with Crippen molar-refractivity contribution in [2.24, 2.45) is 0 Å². The number of fused-ring (bicyclic) bond motifs is 1. The minimum absolute atomic E-state index is 0.00549. The van der Waals surface area contributed by atoms with Gasteiger partial charge in [0.05, 0.1) is 11.6 Å². The Labute approximate surface area is 110 Å². The van der Waals surface area contributed by atoms with Crippen LogP contribution in [0.1, 0.15) is 33.9 Å². The predicted octanol–water partition coefficient (Wildman–Crippen LogP) is 2.75. The lowest BCUT2D eigenvalue weighted by molar-refractivity contribution is 0.0937. The molecule has 3 nitrogen and oxygen atoms in total. The van der Waals surface area contributed by atoms with Gasteiger partial charge in [-0.2, -0.15) is 11.3 Å². The number of carbonyl (C=O) groups excluding carboxylic acids is 1. The number of rotatable bonds is 2. The predicted molar refractivity (Wildman–Crippen MR) is 73.7 cm³/mol. The number of nitrogens with two attached hydrogens (primary N) is 1. The number of hydrogen-bond donors (Lipinski definition) is 2. The number of benzene rings is 1. The standard InChI is InChI=1S/C14H14N2OS/c15-11-2-3-12-9(7-11)1-4-13(12)16-14(17)10-5-6-18-8-10/h2-3,5-8,13H,1,4,15H2,(H,16,17). The molecule has 1 aromatic heterocycles. The van der Waals surface area contributed by atoms with E-state index in [-0.39, 0.29) is 11.9 Å². The molecular formula is C14H14N2OS. The first kappa shape index (κ1) is 11.3. The van der Waals surface area contributed by atoms with E-state index in [1.165, 1.54) is 22.5 Å². The molecule has 1 aliphatic carbocycles. The average molecular weight is 258 g/mol. The molecule has 1 amide bonds. The lowest BCUT2D eigenvalue weighted by atomic mass is 10.1. The van der Waals surface area contributed by atoms with Gasteiger partial charge in [-0.3, -0.25) is 4.79 Å². The summed E-state index contributed by atoms with van der Waals surface area (Å²) in [6.45, 7) is 0. The molecule has 3 rings (SSSR count). The highest BCUT2D eigenvalue weighted by Crippen LogP contribution is 2.32. The molecule has 0 radical (unpaired) electrons. The number of anilines is 1. The Hall–Kier alpha value is -1.81. The minimum atomic E-state index is 0.00549. The summed E-state index contributed by atoms with van der Waals surface area (Å²) in [4.78, 5) is 12.0. The summed E-state index contributed by atoms with van der Waals surface area (Å²) in [5.74, 6) is 0.00549. The van der Waals surface area contributed by atoms with Gasteiger partial charge in [0.2, 0.25) is 0 Å². The Balaban J connectivity index is 1.79. The normalized spacial score (nSPS) is 17.4. The van der Waals surface area contributed by atoms with Crippen LogP contribution in [0.5, 0.6) is 0 Å². The van der Waals surface area contributed by atoms with E-state index in [4.69, 9.17) is 5.73 Å². The summed E-state index contributed by atoms with van der Waals surface area (Å²) in [6, 6.07) is 7.89. The fourth-order valence-corrected chi connectivity index (χ4v) is 3.06. The molecular weight excluding hydrogens is 244 g/mol. The third-order valence-electron chi connectivity index (χ3n) is 3.33. The van der Waals surface area contributed by atoms with Crippen molar-refractivity contribution in [2.45, 2.75) is 18.9 Å². The molecule has 92 valence electrons. The molecule has 1 aromatic carbocycles. The SMILES string of the molecule is Nc1ccc2c(c1)CCC2NC(=O)c1ccsc1. The molecule has 0 spiro atoms. The van der Waals surface area contributed by atoms with Crippen molar-refractivity contribution in [3.8, 4) is 0 Å². The minimum Gasteiger partial charge on any atom is -0.399 e. The van der Waals surface area contributed by atoms with Gasteiger partial charge in [-0.05, 0) is 47.5 Å². The van der Waals surface area contributed by atoms with Gasteiger partial charge in [0, 0.05) is 11.1 Å². The fourth-order valence-electron chi connectivity index (χ4n) is 2.42. The Bertz CT molecular complexity index is 577. The Kier molecular flexibility index (Phi) is 2.80. The Morgan fingerprint density at radius 1 is 1.39 bits per heavy atom. The maximum Gasteiger partial charge on any atom is 0.252 e. The summed E-state index contributed by atoms with van der Waals surface area (Å²) >= 11 is 1.54. The van der Waals surface area contributed by atoms with Gasteiger partial charge in [-0.15, -0.1) is 0 Å². The number of aryl methyl sites for hydroxylation is 1. The van der Waals surface area contributed by atoms with Gasteiger partial charge < -0.3 is 11.1 Å². The second-order valence-electron chi connectivity index (χ2n) is 4.53. The highest BCUT2D eigenvalue weighted by Gasteiger charge is 2.24. The summed E-state index contributed by atoms with van der Waals surface area (Å²) in [5.41, 5.74) is 9.76. The van der Waals surface area contributed by atoms with Crippen LogP contribution in [0.15, 0.2) is 35.0 Å². The molecule has 2 aromatic rings. The van der Waals surface area contributed by atoms with Crippen LogP contribution in [-0.4, -0.2) is 5.91 Å². The smallest absolute Gasteiger partial charge is 0.252 e. The molecule has 1 unspecified atom stereocenters. The third kappa shape index (κ3) is 1.99. The Morgan fingerprint density at radius 2 is 2.28 bits per heavy atom. The van der Waals surface area contributed by atoms with Gasteiger partial charge >= 0.3 is 0 Å². The fraction of sp³-hybridized carbons (Fsp3) is 0.214. The van der Waals surface area contributed by atoms with Crippen LogP contribution in [0.4, 0.5) is 5.69 Å². The van der Waals surface area contributed by atoms with E-state index in [0.717, 1.165) is 24.1 Å². The molecule has 1 aliphatic rings. The van der Waals surface area contributed by atoms with Gasteiger partial charge in [-0.1, -0.05) is 6.07 Å². The van der Waals surface area contributed by atoms with Gasteiger partial charge in [0.25, 0.3) is 5.91 Å². The maximum atomic E-state index is 12.0. The topological polar surface area (TPSA) is 55.1 Å². The largest absolute Gasteiger partial charge is 0.399 e. The average Bonchev–Trinajstić information content (AvgIpc) is 2.98. The van der Waals surface area contributed by atoms with E-state index in [0.29, 0.717) is 0 Å². The van der Waals surface area contributed by atoms with Crippen LogP contribution < -0.4 is 11.1 Å². The van der Waals surface area contributed by atoms with Crippen LogP contribution in [0, 0.1) is 0 Å². The lowest BCUT2D eigenvalue weighted by Gasteiger charge is -2.13. The summed E-state index contributed by atoms with van der Waals surface area (Å²) < 4.78 is 0. The van der Waals surface area contributed by atoms with Crippen LogP contribution >= 0.6 is 11.3 Å². The molecule has 4 heteroatoms. The zero-order valence-corrected chi connectivity index (χ0v) is 10.7. The number of amides is 1. The molecule has 1 atom stereocenters. The zero-order chi connectivity index (χ0) is 12.5. The lowest BCUT2D eigenvalue weighted by Crippen LogP contribution is -2.26. The third-order valence-corrected chi connectivity index (χ3v) is 4.02. The second kappa shape index (κ2) is 4.46. The highest BCUT2D eigenvalue weighted by atomic mass is 32.1. The monoisotopic (exact) mass is 258 g/mol. The van der Waals surface area contributed by atoms with Gasteiger partial charge in [0.15, 0.2) is 0 Å². The number of hydrogen-bond acceptors (Lipinski definition) is 3. The summed E-state index contributed by atoms with van der Waals surface area (Å²) in [5, 5.41) is 6.87. The quantitative estimate of drug-likeness (QED) is 0.814. The van der Waals surface area contributed by atoms with Gasteiger partial charge in [-0.25, -0.2) is 0 Å². The van der Waals surface area contributed by atoms with E-state index < -0.39 is 0 Å². The molecule has 0 bridgehead atoms. The van der Waals surface area contributed by atoms with Crippen molar-refractivity contribution in [2.75, 3.05) is 5.73 Å². The number of nitrogens with one attached hydrogen (secondary N) is 1. The van der Waals surface area contributed by atoms with E-state index in [9.17, 15) is 4.79 Å². The maximum absolute atomic E-state index is 12.0. The van der Waals surface area contributed by atoms with Crippen molar-refractivity contribution in [3.63, 3.8) is 0 Å². The first-order valence-corrected chi connectivity index (χ1v) is 6.89. The van der Waals surface area contributed by atoms with Crippen molar-refractivity contribution in [1.82, 2.24) is 5.32 Å². The molecule has 18 heavy (non-hydrogen) atoms. The molecule has 0 saturated carbocycles. The van der Waals surface area contributed by atoms with E-state index in [1.807, 2.05) is 35.0 Å². The number of thiophene rings is 1. The zero-order valence-electron chi connectivity index (χ0n) is 9.85. The summed E-state index contributed by atoms with van der Waals surface area (Å²) in [7, 11) is 0. The van der Waals surface area contributed by atoms with Gasteiger partial charge in [0.1, 0.15) is 0 Å². The van der Waals surface area contributed by atoms with Crippen molar-refractivity contribution < 1.29 is 4.79 Å². The number of carbonyl (C=O) groups is 1. The second-order valence-corrected chi connectivity index (χ2v) is 5.32. The molecule has 0 saturated heterocycles. The first-order valence-electron chi connectivity index (χ1n) is 5.95. The van der Waals surface area contributed by atoms with E-state index in [2.05, 4.69) is 5.32 Å². The molecule has 3 N–H and O–H groups in total. The Morgan fingerprint density at radius 3 is 3.06 bits per heavy atom. The molecule has 0 fully saturated rings. The van der Waals surface area contributed by atoms with E-state index in [1.54, 1.807) is 0 Å². The molecule has 1 heterocycles. The van der Waals surface area contributed by atoms with Crippen molar-refractivity contribution in [1.29, 1.82) is 0 Å². The first-order chi connectivity index (χ1) is 8.74. The van der Waals surface area contributed by atoms with Crippen LogP contribution in [0.3, 0.4) is 0 Å². The number of nitrogen functional groups attached to an aromatic ring is 1.